The van der Waals surface area contributed by atoms with Crippen LogP contribution in [0.25, 0.3) is 0 Å². The summed E-state index contributed by atoms with van der Waals surface area (Å²) >= 11 is 2.33. The molecule has 106 valence electrons. The van der Waals surface area contributed by atoms with Crippen molar-refractivity contribution >= 4 is 22.6 Å². The van der Waals surface area contributed by atoms with Crippen LogP contribution in [0.15, 0.2) is 24.3 Å². The van der Waals surface area contributed by atoms with Crippen LogP contribution in [0, 0.1) is 21.3 Å². The normalized spacial score (nSPS) is 31.7. The molecule has 2 rings (SSSR count). The van der Waals surface area contributed by atoms with E-state index >= 15 is 0 Å². The van der Waals surface area contributed by atoms with Gasteiger partial charge in [-0.1, -0.05) is 39.3 Å². The molecule has 0 spiro atoms. The van der Waals surface area contributed by atoms with Crippen molar-refractivity contribution in [2.45, 2.75) is 52.1 Å². The summed E-state index contributed by atoms with van der Waals surface area (Å²) in [4.78, 5) is 0. The molecule has 0 amide bonds. The molecule has 1 aromatic carbocycles. The van der Waals surface area contributed by atoms with E-state index in [1.807, 2.05) is 0 Å². The van der Waals surface area contributed by atoms with Crippen LogP contribution in [-0.4, -0.2) is 10.7 Å². The molecule has 1 nitrogen and oxygen atoms in total. The van der Waals surface area contributed by atoms with Gasteiger partial charge in [0.25, 0.3) is 0 Å². The number of benzene rings is 1. The molecule has 1 aromatic rings. The van der Waals surface area contributed by atoms with Crippen LogP contribution >= 0.6 is 22.6 Å². The van der Waals surface area contributed by atoms with Crippen LogP contribution in [0.1, 0.15) is 45.6 Å². The summed E-state index contributed by atoms with van der Waals surface area (Å²) in [5, 5.41) is 11.2. The van der Waals surface area contributed by atoms with E-state index in [1.54, 1.807) is 0 Å². The lowest BCUT2D eigenvalue weighted by molar-refractivity contribution is -0.0795. The molecule has 0 saturated heterocycles. The van der Waals surface area contributed by atoms with Crippen LogP contribution in [0.3, 0.4) is 0 Å². The average Bonchev–Trinajstić information content (AvgIpc) is 2.31. The Morgan fingerprint density at radius 2 is 1.89 bits per heavy atom. The Balaban J connectivity index is 2.19. The Morgan fingerprint density at radius 1 is 1.26 bits per heavy atom. The van der Waals surface area contributed by atoms with E-state index in [9.17, 15) is 5.11 Å². The van der Waals surface area contributed by atoms with E-state index in [4.69, 9.17) is 0 Å². The van der Waals surface area contributed by atoms with Gasteiger partial charge in [-0.3, -0.25) is 0 Å². The molecular weight excluding hydrogens is 347 g/mol. The van der Waals surface area contributed by atoms with E-state index < -0.39 is 5.60 Å². The fourth-order valence-electron chi connectivity index (χ4n) is 3.70. The molecule has 1 saturated carbocycles. The second-order valence-corrected chi connectivity index (χ2v) is 7.89. The zero-order valence-electron chi connectivity index (χ0n) is 12.2. The molecule has 0 radical (unpaired) electrons. The van der Waals surface area contributed by atoms with Crippen LogP contribution < -0.4 is 0 Å². The maximum Gasteiger partial charge on any atom is 0.0720 e. The van der Waals surface area contributed by atoms with E-state index in [2.05, 4.69) is 67.6 Å². The van der Waals surface area contributed by atoms with E-state index in [-0.39, 0.29) is 0 Å². The monoisotopic (exact) mass is 372 g/mol. The first-order chi connectivity index (χ1) is 8.90. The van der Waals surface area contributed by atoms with Crippen molar-refractivity contribution < 1.29 is 5.11 Å². The number of rotatable bonds is 3. The third-order valence-electron chi connectivity index (χ3n) is 4.59. The lowest BCUT2D eigenvalue weighted by Gasteiger charge is -2.45. The smallest absolute Gasteiger partial charge is 0.0720 e. The zero-order valence-corrected chi connectivity index (χ0v) is 14.4. The van der Waals surface area contributed by atoms with Gasteiger partial charge in [0.05, 0.1) is 5.60 Å². The molecule has 19 heavy (non-hydrogen) atoms. The number of hydrogen-bond donors (Lipinski definition) is 1. The molecule has 0 heterocycles. The average molecular weight is 372 g/mol. The minimum atomic E-state index is -0.515. The van der Waals surface area contributed by atoms with Crippen molar-refractivity contribution in [3.8, 4) is 0 Å². The van der Waals surface area contributed by atoms with Gasteiger partial charge >= 0.3 is 0 Å². The molecule has 3 atom stereocenters. The molecule has 1 N–H and O–H groups in total. The summed E-state index contributed by atoms with van der Waals surface area (Å²) in [6, 6.07) is 8.60. The molecule has 1 fully saturated rings. The first-order valence-corrected chi connectivity index (χ1v) is 8.45. The lowest BCUT2D eigenvalue weighted by atomic mass is 9.65. The highest BCUT2D eigenvalue weighted by atomic mass is 127. The lowest BCUT2D eigenvalue weighted by Crippen LogP contribution is -2.47. The van der Waals surface area contributed by atoms with Gasteiger partial charge in [0.1, 0.15) is 0 Å². The van der Waals surface area contributed by atoms with Crippen molar-refractivity contribution in [1.82, 2.24) is 0 Å². The van der Waals surface area contributed by atoms with Gasteiger partial charge in [-0.05, 0) is 70.9 Å². The number of halogens is 1. The summed E-state index contributed by atoms with van der Waals surface area (Å²) in [6.45, 7) is 6.77. The quantitative estimate of drug-likeness (QED) is 0.766. The Hall–Kier alpha value is -0.0900. The van der Waals surface area contributed by atoms with Crippen molar-refractivity contribution in [3.63, 3.8) is 0 Å². The molecule has 1 aliphatic rings. The van der Waals surface area contributed by atoms with E-state index in [1.165, 1.54) is 22.0 Å². The second-order valence-electron chi connectivity index (χ2n) is 6.64. The summed E-state index contributed by atoms with van der Waals surface area (Å²) in [6.07, 6.45) is 4.18. The first kappa shape index (κ1) is 15.3. The Kier molecular flexibility index (Phi) is 4.93. The third-order valence-corrected chi connectivity index (χ3v) is 5.31. The minimum Gasteiger partial charge on any atom is -0.389 e. The molecule has 1 aliphatic carbocycles. The van der Waals surface area contributed by atoms with E-state index in [0.717, 1.165) is 12.8 Å². The van der Waals surface area contributed by atoms with Crippen LogP contribution in [0.2, 0.25) is 0 Å². The number of hydrogen-bond acceptors (Lipinski definition) is 1. The van der Waals surface area contributed by atoms with Gasteiger partial charge in [0.2, 0.25) is 0 Å². The molecule has 0 aromatic heterocycles. The highest BCUT2D eigenvalue weighted by Crippen LogP contribution is 2.42. The molecular formula is C17H25IO. The molecule has 0 aliphatic heterocycles. The maximum atomic E-state index is 11.2. The minimum absolute atomic E-state index is 0.433. The summed E-state index contributed by atoms with van der Waals surface area (Å²) in [7, 11) is 0. The fourth-order valence-corrected chi connectivity index (χ4v) is 4.06. The summed E-state index contributed by atoms with van der Waals surface area (Å²) < 4.78 is 1.26. The molecule has 0 bridgehead atoms. The highest BCUT2D eigenvalue weighted by Gasteiger charge is 2.42. The Morgan fingerprint density at radius 3 is 2.47 bits per heavy atom. The summed E-state index contributed by atoms with van der Waals surface area (Å²) in [5.74, 6) is 1.63. The van der Waals surface area contributed by atoms with Crippen molar-refractivity contribution in [2.75, 3.05) is 0 Å². The predicted molar refractivity (Wildman–Crippen MR) is 89.2 cm³/mol. The molecule has 2 heteroatoms. The van der Waals surface area contributed by atoms with Gasteiger partial charge < -0.3 is 5.11 Å². The maximum absolute atomic E-state index is 11.2. The fraction of sp³-hybridized carbons (Fsp3) is 0.647. The van der Waals surface area contributed by atoms with Crippen molar-refractivity contribution in [3.05, 3.63) is 33.4 Å². The first-order valence-electron chi connectivity index (χ1n) is 7.37. The van der Waals surface area contributed by atoms with Gasteiger partial charge in [-0.2, -0.15) is 0 Å². The van der Waals surface area contributed by atoms with Gasteiger partial charge in [-0.25, -0.2) is 0 Å². The number of aliphatic hydroxyl groups is 1. The Labute approximate surface area is 130 Å². The van der Waals surface area contributed by atoms with Crippen molar-refractivity contribution in [1.29, 1.82) is 0 Å². The third kappa shape index (κ3) is 3.72. The largest absolute Gasteiger partial charge is 0.389 e. The standard InChI is InChI=1S/C17H25IO/c1-12(2)16-9-4-13(3)10-17(16,19)11-14-5-7-15(18)8-6-14/h5-8,12-13,16,19H,4,9-11H2,1-3H3. The van der Waals surface area contributed by atoms with E-state index in [0.29, 0.717) is 17.8 Å². The van der Waals surface area contributed by atoms with Crippen LogP contribution in [-0.2, 0) is 6.42 Å². The van der Waals surface area contributed by atoms with Gasteiger partial charge in [-0.15, -0.1) is 0 Å². The van der Waals surface area contributed by atoms with Crippen LogP contribution in [0.4, 0.5) is 0 Å². The van der Waals surface area contributed by atoms with Crippen molar-refractivity contribution in [2.24, 2.45) is 17.8 Å². The zero-order chi connectivity index (χ0) is 14.0. The summed E-state index contributed by atoms with van der Waals surface area (Å²) in [5.41, 5.74) is 0.751. The highest BCUT2D eigenvalue weighted by molar-refractivity contribution is 14.1. The SMILES string of the molecule is CC1CCC(C(C)C)C(O)(Cc2ccc(I)cc2)C1. The van der Waals surface area contributed by atoms with Gasteiger partial charge in [0, 0.05) is 9.99 Å². The van der Waals surface area contributed by atoms with Crippen LogP contribution in [0.5, 0.6) is 0 Å². The van der Waals surface area contributed by atoms with Gasteiger partial charge in [0.15, 0.2) is 0 Å². The molecule has 3 unspecified atom stereocenters. The topological polar surface area (TPSA) is 20.2 Å². The predicted octanol–water partition coefficient (Wildman–Crippen LogP) is 4.66. The second kappa shape index (κ2) is 6.13. The Bertz CT molecular complexity index is 412.